The molecule has 4 rings (SSSR count). The number of carbonyl (C=O) groups excluding carboxylic acids is 2. The summed E-state index contributed by atoms with van der Waals surface area (Å²) in [6, 6.07) is -0.312. The molecule has 0 radical (unpaired) electrons. The Morgan fingerprint density at radius 2 is 1.97 bits per heavy atom. The number of nitrogens with two attached hydrogens (primary N) is 1. The first-order valence-corrected chi connectivity index (χ1v) is 11.2. The Morgan fingerprint density at radius 3 is 2.67 bits per heavy atom. The van der Waals surface area contributed by atoms with Crippen molar-refractivity contribution in [2.24, 2.45) is 11.7 Å². The van der Waals surface area contributed by atoms with Gasteiger partial charge < -0.3 is 16.0 Å². The van der Waals surface area contributed by atoms with Crippen LogP contribution in [0.5, 0.6) is 0 Å². The molecule has 2 aliphatic rings. The Labute approximate surface area is 177 Å². The Kier molecular flexibility index (Phi) is 5.92. The fourth-order valence-electron chi connectivity index (χ4n) is 5.02. The summed E-state index contributed by atoms with van der Waals surface area (Å²) < 4.78 is 1.84. The third-order valence-corrected chi connectivity index (χ3v) is 6.77. The van der Waals surface area contributed by atoms with Gasteiger partial charge in [-0.1, -0.05) is 19.3 Å². The van der Waals surface area contributed by atoms with Gasteiger partial charge in [0.15, 0.2) is 5.65 Å². The second kappa shape index (κ2) is 8.62. The number of amides is 2. The van der Waals surface area contributed by atoms with Crippen molar-refractivity contribution in [1.29, 1.82) is 0 Å². The van der Waals surface area contributed by atoms with E-state index >= 15 is 0 Å². The first-order valence-electron chi connectivity index (χ1n) is 11.2. The van der Waals surface area contributed by atoms with Gasteiger partial charge in [0.25, 0.3) is 5.91 Å². The maximum atomic E-state index is 13.5. The SMILES string of the molecule is CCn1ncc2c(NC(C)C3CCCCC3)c(C(=O)N3CCCC3C(N)=O)cnc21. The molecule has 30 heavy (non-hydrogen) atoms. The lowest BCUT2D eigenvalue weighted by molar-refractivity contribution is -0.121. The molecule has 2 unspecified atom stereocenters. The molecule has 3 N–H and O–H groups in total. The minimum Gasteiger partial charge on any atom is -0.381 e. The van der Waals surface area contributed by atoms with E-state index in [0.717, 1.165) is 23.1 Å². The molecule has 2 atom stereocenters. The predicted octanol–water partition coefficient (Wildman–Crippen LogP) is 2.92. The van der Waals surface area contributed by atoms with Gasteiger partial charge >= 0.3 is 0 Å². The topological polar surface area (TPSA) is 106 Å². The normalized spacial score (nSPS) is 21.1. The summed E-state index contributed by atoms with van der Waals surface area (Å²) in [5.74, 6) is -0.0524. The fourth-order valence-corrected chi connectivity index (χ4v) is 5.02. The van der Waals surface area contributed by atoms with Crippen molar-refractivity contribution in [3.63, 3.8) is 0 Å². The Balaban J connectivity index is 1.72. The van der Waals surface area contributed by atoms with E-state index in [2.05, 4.69) is 22.3 Å². The molecule has 8 heteroatoms. The Bertz CT molecular complexity index is 933. The lowest BCUT2D eigenvalue weighted by atomic mass is 9.84. The van der Waals surface area contributed by atoms with Gasteiger partial charge in [0.1, 0.15) is 6.04 Å². The number of fused-ring (bicyclic) bond motifs is 1. The molecule has 0 aromatic carbocycles. The molecule has 0 bridgehead atoms. The minimum atomic E-state index is -0.546. The molecule has 1 saturated heterocycles. The van der Waals surface area contributed by atoms with Gasteiger partial charge in [-0.25, -0.2) is 9.67 Å². The first kappa shape index (κ1) is 20.6. The summed E-state index contributed by atoms with van der Waals surface area (Å²) in [6.07, 6.45) is 11.0. The molecule has 8 nitrogen and oxygen atoms in total. The van der Waals surface area contributed by atoms with Crippen molar-refractivity contribution in [2.75, 3.05) is 11.9 Å². The maximum absolute atomic E-state index is 13.5. The molecule has 0 spiro atoms. The molecular weight excluding hydrogens is 380 g/mol. The molecule has 1 aliphatic carbocycles. The molecule has 2 amide bonds. The number of aryl methyl sites for hydroxylation is 1. The van der Waals surface area contributed by atoms with Crippen molar-refractivity contribution in [1.82, 2.24) is 19.7 Å². The summed E-state index contributed by atoms with van der Waals surface area (Å²) in [5.41, 5.74) is 7.59. The van der Waals surface area contributed by atoms with Crippen molar-refractivity contribution in [2.45, 2.75) is 77.4 Å². The van der Waals surface area contributed by atoms with Gasteiger partial charge in [-0.15, -0.1) is 0 Å². The van der Waals surface area contributed by atoms with Gasteiger partial charge in [-0.05, 0) is 45.4 Å². The van der Waals surface area contributed by atoms with Crippen LogP contribution < -0.4 is 11.1 Å². The number of pyridine rings is 1. The molecule has 1 saturated carbocycles. The molecule has 2 fully saturated rings. The number of carbonyl (C=O) groups is 2. The highest BCUT2D eigenvalue weighted by Gasteiger charge is 2.35. The van der Waals surface area contributed by atoms with E-state index in [9.17, 15) is 9.59 Å². The first-order chi connectivity index (χ1) is 14.5. The molecular formula is C22H32N6O2. The standard InChI is InChI=1S/C22H32N6O2/c1-3-28-21-16(13-25-28)19(26-14(2)15-8-5-4-6-9-15)17(12-24-21)22(30)27-11-7-10-18(27)20(23)29/h12-15,18H,3-11H2,1-2H3,(H2,23,29)(H,24,26). The molecule has 3 heterocycles. The van der Waals surface area contributed by atoms with E-state index in [0.29, 0.717) is 31.0 Å². The van der Waals surface area contributed by atoms with Crippen LogP contribution in [0.1, 0.15) is 69.2 Å². The highest BCUT2D eigenvalue weighted by Crippen LogP contribution is 2.33. The summed E-state index contributed by atoms with van der Waals surface area (Å²) >= 11 is 0. The lowest BCUT2D eigenvalue weighted by Gasteiger charge is -2.30. The largest absolute Gasteiger partial charge is 0.381 e. The second-order valence-corrected chi connectivity index (χ2v) is 8.63. The van der Waals surface area contributed by atoms with E-state index < -0.39 is 11.9 Å². The number of hydrogen-bond donors (Lipinski definition) is 2. The summed E-state index contributed by atoms with van der Waals surface area (Å²) in [6.45, 7) is 5.46. The zero-order valence-electron chi connectivity index (χ0n) is 17.9. The van der Waals surface area contributed by atoms with Crippen molar-refractivity contribution < 1.29 is 9.59 Å². The highest BCUT2D eigenvalue weighted by molar-refractivity contribution is 6.07. The van der Waals surface area contributed by atoms with Crippen LogP contribution in [0.2, 0.25) is 0 Å². The van der Waals surface area contributed by atoms with E-state index in [1.807, 2.05) is 11.6 Å². The summed E-state index contributed by atoms with van der Waals surface area (Å²) in [4.78, 5) is 31.5. The van der Waals surface area contributed by atoms with Crippen molar-refractivity contribution >= 4 is 28.5 Å². The Morgan fingerprint density at radius 1 is 1.20 bits per heavy atom. The third-order valence-electron chi connectivity index (χ3n) is 6.77. The van der Waals surface area contributed by atoms with Gasteiger partial charge in [0, 0.05) is 25.3 Å². The quantitative estimate of drug-likeness (QED) is 0.759. The van der Waals surface area contributed by atoms with Crippen LogP contribution in [0.4, 0.5) is 5.69 Å². The molecule has 162 valence electrons. The van der Waals surface area contributed by atoms with Crippen LogP contribution in [-0.4, -0.2) is 50.1 Å². The highest BCUT2D eigenvalue weighted by atomic mass is 16.2. The number of hydrogen-bond acceptors (Lipinski definition) is 5. The van der Waals surface area contributed by atoms with Gasteiger partial charge in [0.2, 0.25) is 5.91 Å². The zero-order chi connectivity index (χ0) is 21.3. The number of likely N-dealkylation sites (tertiary alicyclic amines) is 1. The summed E-state index contributed by atoms with van der Waals surface area (Å²) in [7, 11) is 0. The van der Waals surface area contributed by atoms with E-state index in [1.165, 1.54) is 32.1 Å². The van der Waals surface area contributed by atoms with Crippen LogP contribution >= 0.6 is 0 Å². The van der Waals surface area contributed by atoms with E-state index in [1.54, 1.807) is 17.3 Å². The smallest absolute Gasteiger partial charge is 0.258 e. The Hall–Kier alpha value is -2.64. The third kappa shape index (κ3) is 3.75. The minimum absolute atomic E-state index is 0.187. The fraction of sp³-hybridized carbons (Fsp3) is 0.636. The van der Waals surface area contributed by atoms with E-state index in [4.69, 9.17) is 5.73 Å². The number of nitrogens with one attached hydrogen (secondary N) is 1. The van der Waals surface area contributed by atoms with Gasteiger partial charge in [-0.3, -0.25) is 9.59 Å². The van der Waals surface area contributed by atoms with Gasteiger partial charge in [0.05, 0.1) is 22.8 Å². The van der Waals surface area contributed by atoms with Gasteiger partial charge in [-0.2, -0.15) is 5.10 Å². The number of nitrogens with zero attached hydrogens (tertiary/aromatic N) is 4. The molecule has 1 aliphatic heterocycles. The second-order valence-electron chi connectivity index (χ2n) is 8.63. The van der Waals surface area contributed by atoms with Crippen LogP contribution in [0.3, 0.4) is 0 Å². The average molecular weight is 413 g/mol. The summed E-state index contributed by atoms with van der Waals surface area (Å²) in [5, 5.41) is 8.95. The number of aromatic nitrogens is 3. The predicted molar refractivity (Wildman–Crippen MR) is 116 cm³/mol. The zero-order valence-corrected chi connectivity index (χ0v) is 17.9. The maximum Gasteiger partial charge on any atom is 0.258 e. The number of primary amides is 1. The van der Waals surface area contributed by atoms with Crippen LogP contribution in [0.25, 0.3) is 11.0 Å². The number of anilines is 1. The van der Waals surface area contributed by atoms with Crippen molar-refractivity contribution in [3.05, 3.63) is 18.0 Å². The number of rotatable bonds is 6. The van der Waals surface area contributed by atoms with Crippen LogP contribution in [-0.2, 0) is 11.3 Å². The lowest BCUT2D eigenvalue weighted by Crippen LogP contribution is -2.44. The van der Waals surface area contributed by atoms with E-state index in [-0.39, 0.29) is 11.9 Å². The van der Waals surface area contributed by atoms with Crippen LogP contribution in [0.15, 0.2) is 12.4 Å². The van der Waals surface area contributed by atoms with Crippen molar-refractivity contribution in [3.8, 4) is 0 Å². The molecule has 2 aromatic rings. The monoisotopic (exact) mass is 412 g/mol. The average Bonchev–Trinajstić information content (AvgIpc) is 3.41. The van der Waals surface area contributed by atoms with Crippen LogP contribution in [0, 0.1) is 5.92 Å². The molecule has 2 aromatic heterocycles.